The van der Waals surface area contributed by atoms with Gasteiger partial charge in [-0.15, -0.1) is 0 Å². The van der Waals surface area contributed by atoms with Crippen molar-refractivity contribution in [3.8, 4) is 0 Å². The van der Waals surface area contributed by atoms with E-state index in [2.05, 4.69) is 89.8 Å². The molecule has 4 aromatic rings. The highest BCUT2D eigenvalue weighted by atomic mass is 15.0. The van der Waals surface area contributed by atoms with Crippen LogP contribution in [0.4, 0.5) is 22.7 Å². The maximum atomic E-state index is 4.68. The van der Waals surface area contributed by atoms with Gasteiger partial charge in [0.1, 0.15) is 0 Å². The van der Waals surface area contributed by atoms with E-state index >= 15 is 0 Å². The van der Waals surface area contributed by atoms with Gasteiger partial charge in [-0.05, 0) is 37.1 Å². The molecule has 8 nitrogen and oxygen atoms in total. The highest BCUT2D eigenvalue weighted by Gasteiger charge is 2.03. The first kappa shape index (κ1) is 32.2. The van der Waals surface area contributed by atoms with E-state index in [1.165, 1.54) is 0 Å². The molecular formula is C38H44N8. The number of aliphatic imine (C=N–C) groups is 4. The number of hydrogen-bond acceptors (Lipinski definition) is 8. The molecule has 0 fully saturated rings. The summed E-state index contributed by atoms with van der Waals surface area (Å²) in [5.74, 6) is 0. The molecule has 0 spiro atoms. The molecule has 0 unspecified atom stereocenters. The summed E-state index contributed by atoms with van der Waals surface area (Å²) in [5.41, 5.74) is 8.64. The van der Waals surface area contributed by atoms with Gasteiger partial charge in [-0.3, -0.25) is 20.0 Å². The van der Waals surface area contributed by atoms with Gasteiger partial charge >= 0.3 is 0 Å². The predicted octanol–water partition coefficient (Wildman–Crippen LogP) is 6.90. The fourth-order valence-corrected chi connectivity index (χ4v) is 5.03. The van der Waals surface area contributed by atoms with Crippen LogP contribution >= 0.6 is 0 Å². The maximum Gasteiger partial charge on any atom is 0.0429 e. The Kier molecular flexibility index (Phi) is 13.0. The monoisotopic (exact) mass is 612 g/mol. The third-order valence-electron chi connectivity index (χ3n) is 7.43. The Morgan fingerprint density at radius 3 is 0.826 bits per heavy atom. The first-order valence-corrected chi connectivity index (χ1v) is 16.2. The number of hydrogen-bond donors (Lipinski definition) is 4. The van der Waals surface area contributed by atoms with E-state index < -0.39 is 0 Å². The number of nitrogens with one attached hydrogen (secondary N) is 4. The molecule has 0 bridgehead atoms. The molecule has 1 aliphatic rings. The van der Waals surface area contributed by atoms with Gasteiger partial charge in [-0.2, -0.15) is 0 Å². The summed E-state index contributed by atoms with van der Waals surface area (Å²) in [6.07, 6.45) is 9.61. The average Bonchev–Trinajstić information content (AvgIpc) is 3.09. The zero-order valence-corrected chi connectivity index (χ0v) is 26.4. The lowest BCUT2D eigenvalue weighted by molar-refractivity contribution is 0.850. The van der Waals surface area contributed by atoms with Crippen molar-refractivity contribution in [1.29, 1.82) is 0 Å². The highest BCUT2D eigenvalue weighted by Crippen LogP contribution is 2.16. The molecule has 236 valence electrons. The maximum absolute atomic E-state index is 4.68. The van der Waals surface area contributed by atoms with Gasteiger partial charge in [-0.25, -0.2) is 0 Å². The van der Waals surface area contributed by atoms with Crippen LogP contribution in [0.1, 0.15) is 35.1 Å². The Morgan fingerprint density at radius 1 is 0.326 bits per heavy atom. The van der Waals surface area contributed by atoms with E-state index in [9.17, 15) is 0 Å². The zero-order valence-electron chi connectivity index (χ0n) is 26.4. The van der Waals surface area contributed by atoms with Crippen molar-refractivity contribution in [2.24, 2.45) is 20.0 Å². The van der Waals surface area contributed by atoms with Gasteiger partial charge in [0.15, 0.2) is 0 Å². The van der Waals surface area contributed by atoms with Gasteiger partial charge in [0, 0.05) is 122 Å². The van der Waals surface area contributed by atoms with E-state index in [1.54, 1.807) is 0 Å². The first-order valence-electron chi connectivity index (χ1n) is 16.2. The molecule has 1 aliphatic heterocycles. The van der Waals surface area contributed by atoms with E-state index in [1.807, 2.05) is 73.4 Å². The second-order valence-corrected chi connectivity index (χ2v) is 10.9. The number of benzene rings is 4. The second-order valence-electron chi connectivity index (χ2n) is 10.9. The minimum atomic E-state index is 0.726. The SMILES string of the molecule is C1=NCCCN=Cc2ccccc2NCCNc2ccccc2C=NCCCN=Cc2ccccc2NCCNc2ccccc21. The van der Waals surface area contributed by atoms with Crippen LogP contribution in [0.2, 0.25) is 0 Å². The first-order chi connectivity index (χ1) is 22.9. The normalized spacial score (nSPS) is 15.3. The number of nitrogens with zero attached hydrogens (tertiary/aromatic N) is 4. The quantitative estimate of drug-likeness (QED) is 0.174. The van der Waals surface area contributed by atoms with Crippen LogP contribution in [0.15, 0.2) is 117 Å². The fraction of sp³-hybridized carbons (Fsp3) is 0.263. The summed E-state index contributed by atoms with van der Waals surface area (Å²) < 4.78 is 0. The molecule has 0 atom stereocenters. The number of rotatable bonds is 0. The molecule has 0 saturated carbocycles. The van der Waals surface area contributed by atoms with Crippen LogP contribution < -0.4 is 21.3 Å². The minimum absolute atomic E-state index is 0.726. The molecule has 8 heteroatoms. The Balaban J connectivity index is 1.25. The predicted molar refractivity (Wildman–Crippen MR) is 199 cm³/mol. The molecule has 0 amide bonds. The Bertz CT molecular complexity index is 1380. The van der Waals surface area contributed by atoms with Gasteiger partial charge in [0.25, 0.3) is 0 Å². The molecule has 1 heterocycles. The molecular weight excluding hydrogens is 568 g/mol. The molecule has 5 rings (SSSR count). The summed E-state index contributed by atoms with van der Waals surface area (Å²) in [6, 6.07) is 33.1. The summed E-state index contributed by atoms with van der Waals surface area (Å²) in [6.45, 7) is 6.01. The zero-order chi connectivity index (χ0) is 31.5. The number of para-hydroxylation sites is 4. The topological polar surface area (TPSA) is 97.6 Å². The Hall–Kier alpha value is -5.24. The molecule has 4 aromatic carbocycles. The fourth-order valence-electron chi connectivity index (χ4n) is 5.03. The molecule has 0 aliphatic carbocycles. The van der Waals surface area contributed by atoms with Crippen molar-refractivity contribution >= 4 is 47.6 Å². The van der Waals surface area contributed by atoms with Crippen LogP contribution in [0.3, 0.4) is 0 Å². The second kappa shape index (κ2) is 18.5. The molecule has 4 N–H and O–H groups in total. The lowest BCUT2D eigenvalue weighted by atomic mass is 10.2. The van der Waals surface area contributed by atoms with E-state index in [4.69, 9.17) is 0 Å². The summed E-state index contributed by atoms with van der Waals surface area (Å²) in [5, 5.41) is 14.2. The highest BCUT2D eigenvalue weighted by molar-refractivity contribution is 5.89. The lowest BCUT2D eigenvalue weighted by Crippen LogP contribution is -2.15. The van der Waals surface area contributed by atoms with E-state index in [-0.39, 0.29) is 0 Å². The van der Waals surface area contributed by atoms with Crippen molar-refractivity contribution < 1.29 is 0 Å². The van der Waals surface area contributed by atoms with E-state index in [0.29, 0.717) is 0 Å². The summed E-state index contributed by atoms with van der Waals surface area (Å²) >= 11 is 0. The van der Waals surface area contributed by atoms with Crippen LogP contribution in [0.5, 0.6) is 0 Å². The molecule has 0 saturated heterocycles. The van der Waals surface area contributed by atoms with Crippen LogP contribution in [-0.2, 0) is 0 Å². The van der Waals surface area contributed by atoms with Crippen molar-refractivity contribution in [2.75, 3.05) is 73.6 Å². The Morgan fingerprint density at radius 2 is 0.565 bits per heavy atom. The van der Waals surface area contributed by atoms with Crippen molar-refractivity contribution in [1.82, 2.24) is 0 Å². The van der Waals surface area contributed by atoms with Gasteiger partial charge in [0.2, 0.25) is 0 Å². The third kappa shape index (κ3) is 10.4. The van der Waals surface area contributed by atoms with E-state index in [0.717, 1.165) is 110 Å². The minimum Gasteiger partial charge on any atom is -0.383 e. The van der Waals surface area contributed by atoms with Crippen molar-refractivity contribution in [3.05, 3.63) is 119 Å². The number of anilines is 4. The standard InChI is InChI=1S/C38H44N8/c1-5-15-35-31(11-1)27-39-19-9-20-40-28-33-13-3-7-17-37(33)45-25-26-46-38-18-8-4-14-34(38)30-42-22-10-21-41-29-32-12-2-6-16-36(32)44-24-23-43-35/h1-8,11-18,27-30,43-46H,9-10,19-26H2. The molecule has 46 heavy (non-hydrogen) atoms. The van der Waals surface area contributed by atoms with Gasteiger partial charge in [-0.1, -0.05) is 72.8 Å². The van der Waals surface area contributed by atoms with Crippen molar-refractivity contribution in [2.45, 2.75) is 12.8 Å². The largest absolute Gasteiger partial charge is 0.383 e. The lowest BCUT2D eigenvalue weighted by Gasteiger charge is -2.12. The smallest absolute Gasteiger partial charge is 0.0429 e. The van der Waals surface area contributed by atoms with Crippen molar-refractivity contribution in [3.63, 3.8) is 0 Å². The van der Waals surface area contributed by atoms with Crippen LogP contribution in [-0.4, -0.2) is 77.2 Å². The third-order valence-corrected chi connectivity index (χ3v) is 7.43. The summed E-state index contributed by atoms with van der Waals surface area (Å²) in [7, 11) is 0. The molecule has 0 aromatic heterocycles. The van der Waals surface area contributed by atoms with Crippen LogP contribution in [0, 0.1) is 0 Å². The van der Waals surface area contributed by atoms with Gasteiger partial charge < -0.3 is 21.3 Å². The average molecular weight is 613 g/mol. The molecule has 0 radical (unpaired) electrons. The summed E-state index contributed by atoms with van der Waals surface area (Å²) in [4.78, 5) is 18.7. The van der Waals surface area contributed by atoms with Gasteiger partial charge in [0.05, 0.1) is 0 Å². The van der Waals surface area contributed by atoms with Crippen LogP contribution in [0.25, 0.3) is 0 Å². The number of fused-ring (bicyclic) bond motifs is 4. The Labute approximate surface area is 272 Å².